The van der Waals surface area contributed by atoms with Crippen LogP contribution >= 0.6 is 0 Å². The molecule has 0 N–H and O–H groups in total. The molecule has 1 aliphatic carbocycles. The van der Waals surface area contributed by atoms with E-state index in [1.54, 1.807) is 17.0 Å². The highest BCUT2D eigenvalue weighted by Gasteiger charge is 2.28. The number of benzene rings is 3. The van der Waals surface area contributed by atoms with Crippen molar-refractivity contribution in [2.24, 2.45) is 5.92 Å². The molecule has 5 nitrogen and oxygen atoms in total. The van der Waals surface area contributed by atoms with Gasteiger partial charge in [-0.1, -0.05) is 61.5 Å². The van der Waals surface area contributed by atoms with Gasteiger partial charge in [0.25, 0.3) is 11.5 Å². The average Bonchev–Trinajstić information content (AvgIpc) is 3.30. The lowest BCUT2D eigenvalue weighted by Crippen LogP contribution is -2.38. The third-order valence-corrected chi connectivity index (χ3v) is 7.18. The van der Waals surface area contributed by atoms with Gasteiger partial charge in [0.05, 0.1) is 5.52 Å². The van der Waals surface area contributed by atoms with Crippen LogP contribution in [0.25, 0.3) is 10.9 Å². The highest BCUT2D eigenvalue weighted by atomic mass is 16.2. The molecular weight excluding hydrogens is 448 g/mol. The number of carbonyl (C=O) groups excluding carboxylic acids is 2. The summed E-state index contributed by atoms with van der Waals surface area (Å²) in [4.78, 5) is 42.5. The lowest BCUT2D eigenvalue weighted by molar-refractivity contribution is 0.0882. The smallest absolute Gasteiger partial charge is 0.270 e. The van der Waals surface area contributed by atoms with Crippen molar-refractivity contribution < 1.29 is 9.59 Å². The Morgan fingerprint density at radius 2 is 1.61 bits per heavy atom. The van der Waals surface area contributed by atoms with Crippen molar-refractivity contribution in [3.8, 4) is 0 Å². The SMILES string of the molecule is CCc1ccc2c(c1)CC(CC(=O)n1c(=O)c(C(=O)N(CC)c3ccccc3)cc3ccccc31)C2. The second-order valence-corrected chi connectivity index (χ2v) is 9.47. The van der Waals surface area contributed by atoms with E-state index in [1.165, 1.54) is 21.3 Å². The molecule has 1 amide bonds. The third kappa shape index (κ3) is 4.37. The van der Waals surface area contributed by atoms with Gasteiger partial charge in [-0.2, -0.15) is 0 Å². The zero-order valence-corrected chi connectivity index (χ0v) is 20.7. The fourth-order valence-corrected chi connectivity index (χ4v) is 5.32. The Morgan fingerprint density at radius 1 is 0.889 bits per heavy atom. The summed E-state index contributed by atoms with van der Waals surface area (Å²) in [5, 5.41) is 0.695. The first-order valence-corrected chi connectivity index (χ1v) is 12.7. The monoisotopic (exact) mass is 478 g/mol. The van der Waals surface area contributed by atoms with Crippen LogP contribution in [-0.2, 0) is 19.3 Å². The van der Waals surface area contributed by atoms with Crippen molar-refractivity contribution in [2.45, 2.75) is 39.5 Å². The Balaban J connectivity index is 1.50. The molecule has 0 spiro atoms. The van der Waals surface area contributed by atoms with Gasteiger partial charge in [0, 0.05) is 18.7 Å². The van der Waals surface area contributed by atoms with E-state index < -0.39 is 11.5 Å². The Hall–Kier alpha value is -3.99. The molecule has 0 fully saturated rings. The Labute approximate surface area is 211 Å². The summed E-state index contributed by atoms with van der Waals surface area (Å²) in [7, 11) is 0. The molecule has 1 unspecified atom stereocenters. The average molecular weight is 479 g/mol. The summed E-state index contributed by atoms with van der Waals surface area (Å²) in [5.74, 6) is -0.524. The number of rotatable bonds is 6. The summed E-state index contributed by atoms with van der Waals surface area (Å²) in [6.07, 6.45) is 2.90. The van der Waals surface area contributed by atoms with Crippen molar-refractivity contribution in [3.05, 3.63) is 111 Å². The maximum atomic E-state index is 13.7. The van der Waals surface area contributed by atoms with Crippen molar-refractivity contribution in [3.63, 3.8) is 0 Å². The number of amides is 1. The number of aryl methyl sites for hydroxylation is 1. The van der Waals surface area contributed by atoms with E-state index in [0.29, 0.717) is 23.1 Å². The van der Waals surface area contributed by atoms with Crippen LogP contribution in [0.1, 0.15) is 52.1 Å². The maximum absolute atomic E-state index is 13.7. The molecule has 1 aliphatic rings. The number of para-hydroxylation sites is 2. The second kappa shape index (κ2) is 9.94. The molecule has 0 aliphatic heterocycles. The molecule has 36 heavy (non-hydrogen) atoms. The number of fused-ring (bicyclic) bond motifs is 2. The van der Waals surface area contributed by atoms with Gasteiger partial charge in [-0.25, -0.2) is 4.57 Å². The Bertz CT molecular complexity index is 1500. The molecule has 182 valence electrons. The predicted octanol–water partition coefficient (Wildman–Crippen LogP) is 5.68. The summed E-state index contributed by atoms with van der Waals surface area (Å²) >= 11 is 0. The number of pyridine rings is 1. The highest BCUT2D eigenvalue weighted by molar-refractivity contribution is 6.08. The second-order valence-electron chi connectivity index (χ2n) is 9.47. The van der Waals surface area contributed by atoms with Gasteiger partial charge >= 0.3 is 0 Å². The molecule has 3 aromatic carbocycles. The van der Waals surface area contributed by atoms with E-state index in [9.17, 15) is 14.4 Å². The van der Waals surface area contributed by atoms with Gasteiger partial charge < -0.3 is 4.90 Å². The van der Waals surface area contributed by atoms with Crippen LogP contribution in [0.4, 0.5) is 5.69 Å². The molecule has 0 bridgehead atoms. The van der Waals surface area contributed by atoms with Crippen LogP contribution in [0.3, 0.4) is 0 Å². The summed E-state index contributed by atoms with van der Waals surface area (Å²) in [5.41, 5.74) is 4.59. The van der Waals surface area contributed by atoms with E-state index in [0.717, 1.165) is 19.3 Å². The fraction of sp³-hybridized carbons (Fsp3) is 0.258. The van der Waals surface area contributed by atoms with Crippen molar-refractivity contribution >= 4 is 28.4 Å². The van der Waals surface area contributed by atoms with Crippen LogP contribution in [0, 0.1) is 5.92 Å². The van der Waals surface area contributed by atoms with E-state index in [4.69, 9.17) is 0 Å². The number of carbonyl (C=O) groups is 2. The molecule has 0 radical (unpaired) electrons. The molecule has 5 heteroatoms. The predicted molar refractivity (Wildman–Crippen MR) is 144 cm³/mol. The molecule has 4 aromatic rings. The molecule has 1 atom stereocenters. The lowest BCUT2D eigenvalue weighted by Gasteiger charge is -2.22. The van der Waals surface area contributed by atoms with Crippen molar-refractivity contribution in [1.82, 2.24) is 4.57 Å². The van der Waals surface area contributed by atoms with E-state index >= 15 is 0 Å². The maximum Gasteiger partial charge on any atom is 0.270 e. The van der Waals surface area contributed by atoms with Gasteiger partial charge in [0.2, 0.25) is 5.91 Å². The Kier molecular flexibility index (Phi) is 6.55. The topological polar surface area (TPSA) is 59.4 Å². The largest absolute Gasteiger partial charge is 0.308 e. The lowest BCUT2D eigenvalue weighted by atomic mass is 10.0. The van der Waals surface area contributed by atoms with Crippen LogP contribution in [0.5, 0.6) is 0 Å². The summed E-state index contributed by atoms with van der Waals surface area (Å²) in [6.45, 7) is 4.42. The van der Waals surface area contributed by atoms with E-state index in [2.05, 4.69) is 25.1 Å². The summed E-state index contributed by atoms with van der Waals surface area (Å²) < 4.78 is 1.22. The minimum absolute atomic E-state index is 0.00930. The minimum Gasteiger partial charge on any atom is -0.308 e. The molecule has 0 saturated carbocycles. The van der Waals surface area contributed by atoms with Gasteiger partial charge in [-0.15, -0.1) is 0 Å². The molecule has 0 saturated heterocycles. The number of anilines is 1. The van der Waals surface area contributed by atoms with E-state index in [1.807, 2.05) is 55.5 Å². The van der Waals surface area contributed by atoms with Crippen LogP contribution in [0.2, 0.25) is 0 Å². The molecular formula is C31H30N2O3. The van der Waals surface area contributed by atoms with Crippen LogP contribution in [-0.4, -0.2) is 22.9 Å². The first-order chi connectivity index (χ1) is 17.5. The third-order valence-electron chi connectivity index (χ3n) is 7.18. The molecule has 5 rings (SSSR count). The highest BCUT2D eigenvalue weighted by Crippen LogP contribution is 2.30. The molecule has 1 heterocycles. The number of hydrogen-bond donors (Lipinski definition) is 0. The molecule has 1 aromatic heterocycles. The van der Waals surface area contributed by atoms with Gasteiger partial charge in [-0.3, -0.25) is 14.4 Å². The zero-order valence-electron chi connectivity index (χ0n) is 20.7. The minimum atomic E-state index is -0.554. The van der Waals surface area contributed by atoms with Gasteiger partial charge in [0.15, 0.2) is 0 Å². The van der Waals surface area contributed by atoms with Crippen molar-refractivity contribution in [1.29, 1.82) is 0 Å². The fourth-order valence-electron chi connectivity index (χ4n) is 5.32. The number of nitrogens with zero attached hydrogens (tertiary/aromatic N) is 2. The van der Waals surface area contributed by atoms with Gasteiger partial charge in [-0.05, 0) is 78.4 Å². The quantitative estimate of drug-likeness (QED) is 0.358. The van der Waals surface area contributed by atoms with Crippen LogP contribution in [0.15, 0.2) is 83.7 Å². The standard InChI is InChI=1S/C31H30N2O3/c1-3-21-14-15-23-17-22(18-25(23)16-21)19-29(34)33-28-13-9-8-10-24(28)20-27(31(33)36)30(35)32(4-2)26-11-6-5-7-12-26/h5-16,20,22H,3-4,17-19H2,1-2H3. The Morgan fingerprint density at radius 3 is 2.36 bits per heavy atom. The normalized spacial score (nSPS) is 14.6. The van der Waals surface area contributed by atoms with Gasteiger partial charge in [0.1, 0.15) is 5.56 Å². The zero-order chi connectivity index (χ0) is 25.2. The number of hydrogen-bond acceptors (Lipinski definition) is 3. The first kappa shape index (κ1) is 23.7. The summed E-state index contributed by atoms with van der Waals surface area (Å²) in [6, 6.07) is 24.7. The van der Waals surface area contributed by atoms with Crippen molar-refractivity contribution in [2.75, 3.05) is 11.4 Å². The van der Waals surface area contributed by atoms with Crippen LogP contribution < -0.4 is 10.5 Å². The number of aromatic nitrogens is 1. The van der Waals surface area contributed by atoms with E-state index in [-0.39, 0.29) is 23.8 Å². The first-order valence-electron chi connectivity index (χ1n) is 12.7.